The molecule has 58 valence electrons. The number of hydrogen-bond acceptors (Lipinski definition) is 2. The highest BCUT2D eigenvalue weighted by molar-refractivity contribution is 5.22. The fourth-order valence-corrected chi connectivity index (χ4v) is 1.49. The van der Waals surface area contributed by atoms with Gasteiger partial charge in [-0.15, -0.1) is 0 Å². The third-order valence-electron chi connectivity index (χ3n) is 2.13. The summed E-state index contributed by atoms with van der Waals surface area (Å²) in [5.74, 6) is 0. The Morgan fingerprint density at radius 3 is 3.45 bits per heavy atom. The SMILES string of the molecule is CC1Cc2cccnc2CN1. The summed E-state index contributed by atoms with van der Waals surface area (Å²) in [6.45, 7) is 3.13. The van der Waals surface area contributed by atoms with E-state index in [9.17, 15) is 0 Å². The van der Waals surface area contributed by atoms with Crippen molar-refractivity contribution in [3.8, 4) is 0 Å². The summed E-state index contributed by atoms with van der Waals surface area (Å²) in [5.41, 5.74) is 2.62. The largest absolute Gasteiger partial charge is 0.308 e. The molecule has 1 atom stereocenters. The molecule has 1 unspecified atom stereocenters. The van der Waals surface area contributed by atoms with Gasteiger partial charge in [-0.25, -0.2) is 0 Å². The average Bonchev–Trinajstić information content (AvgIpc) is 2.04. The molecule has 0 aromatic carbocycles. The molecule has 1 aromatic heterocycles. The van der Waals surface area contributed by atoms with E-state index in [0.717, 1.165) is 13.0 Å². The van der Waals surface area contributed by atoms with Gasteiger partial charge in [0.2, 0.25) is 0 Å². The van der Waals surface area contributed by atoms with Crippen LogP contribution in [0.15, 0.2) is 18.3 Å². The molecule has 11 heavy (non-hydrogen) atoms. The normalized spacial score (nSPS) is 22.8. The molecule has 0 bridgehead atoms. The van der Waals surface area contributed by atoms with E-state index in [1.165, 1.54) is 11.3 Å². The Kier molecular flexibility index (Phi) is 1.62. The molecule has 0 saturated carbocycles. The Labute approximate surface area is 66.7 Å². The van der Waals surface area contributed by atoms with Crippen LogP contribution in [-0.4, -0.2) is 11.0 Å². The standard InChI is InChI=1S/C9H12N2/c1-7-5-8-3-2-4-10-9(8)6-11-7/h2-4,7,11H,5-6H2,1H3. The molecule has 2 nitrogen and oxygen atoms in total. The number of fused-ring (bicyclic) bond motifs is 1. The molecule has 1 aliphatic rings. The summed E-state index contributed by atoms with van der Waals surface area (Å²) in [5, 5.41) is 3.38. The maximum absolute atomic E-state index is 4.29. The second kappa shape index (κ2) is 2.62. The van der Waals surface area contributed by atoms with Crippen molar-refractivity contribution < 1.29 is 0 Å². The van der Waals surface area contributed by atoms with E-state index in [-0.39, 0.29) is 0 Å². The van der Waals surface area contributed by atoms with Gasteiger partial charge in [0.15, 0.2) is 0 Å². The maximum Gasteiger partial charge on any atom is 0.0574 e. The van der Waals surface area contributed by atoms with Crippen LogP contribution < -0.4 is 5.32 Å². The van der Waals surface area contributed by atoms with Gasteiger partial charge in [0.05, 0.1) is 5.69 Å². The maximum atomic E-state index is 4.29. The van der Waals surface area contributed by atoms with Crippen molar-refractivity contribution in [3.63, 3.8) is 0 Å². The minimum Gasteiger partial charge on any atom is -0.308 e. The van der Waals surface area contributed by atoms with E-state index in [2.05, 4.69) is 23.3 Å². The predicted molar refractivity (Wildman–Crippen MR) is 44.2 cm³/mol. The predicted octanol–water partition coefficient (Wildman–Crippen LogP) is 1.12. The van der Waals surface area contributed by atoms with E-state index >= 15 is 0 Å². The Morgan fingerprint density at radius 2 is 2.55 bits per heavy atom. The number of rotatable bonds is 0. The molecule has 1 aliphatic heterocycles. The molecule has 2 rings (SSSR count). The van der Waals surface area contributed by atoms with E-state index in [1.807, 2.05) is 12.3 Å². The highest BCUT2D eigenvalue weighted by Gasteiger charge is 2.13. The highest BCUT2D eigenvalue weighted by Crippen LogP contribution is 2.12. The highest BCUT2D eigenvalue weighted by atomic mass is 14.9. The zero-order chi connectivity index (χ0) is 7.68. The van der Waals surface area contributed by atoms with Crippen molar-refractivity contribution in [1.82, 2.24) is 10.3 Å². The second-order valence-corrected chi connectivity index (χ2v) is 3.10. The average molecular weight is 148 g/mol. The van der Waals surface area contributed by atoms with Crippen LogP contribution in [0.4, 0.5) is 0 Å². The molecule has 0 spiro atoms. The van der Waals surface area contributed by atoms with Crippen LogP contribution in [0, 0.1) is 0 Å². The summed E-state index contributed by atoms with van der Waals surface area (Å²) in [6.07, 6.45) is 2.97. The lowest BCUT2D eigenvalue weighted by atomic mass is 10.0. The van der Waals surface area contributed by atoms with Crippen LogP contribution in [0.5, 0.6) is 0 Å². The minimum atomic E-state index is 0.603. The van der Waals surface area contributed by atoms with Crippen LogP contribution >= 0.6 is 0 Å². The molecule has 1 N–H and O–H groups in total. The van der Waals surface area contributed by atoms with Crippen LogP contribution in [-0.2, 0) is 13.0 Å². The van der Waals surface area contributed by atoms with E-state index in [0.29, 0.717) is 6.04 Å². The van der Waals surface area contributed by atoms with Crippen LogP contribution in [0.25, 0.3) is 0 Å². The lowest BCUT2D eigenvalue weighted by molar-refractivity contribution is 0.505. The molecule has 2 heteroatoms. The first kappa shape index (κ1) is 6.80. The van der Waals surface area contributed by atoms with Crippen LogP contribution in [0.1, 0.15) is 18.2 Å². The molecular weight excluding hydrogens is 136 g/mol. The monoisotopic (exact) mass is 148 g/mol. The zero-order valence-electron chi connectivity index (χ0n) is 6.67. The van der Waals surface area contributed by atoms with Crippen molar-refractivity contribution in [2.45, 2.75) is 25.9 Å². The molecule has 0 amide bonds. The number of nitrogens with zero attached hydrogens (tertiary/aromatic N) is 1. The second-order valence-electron chi connectivity index (χ2n) is 3.10. The number of pyridine rings is 1. The van der Waals surface area contributed by atoms with Gasteiger partial charge < -0.3 is 5.32 Å². The van der Waals surface area contributed by atoms with Gasteiger partial charge in [0.1, 0.15) is 0 Å². The fourth-order valence-electron chi connectivity index (χ4n) is 1.49. The molecule has 0 saturated heterocycles. The fraction of sp³-hybridized carbons (Fsp3) is 0.444. The summed E-state index contributed by atoms with van der Waals surface area (Å²) in [6, 6.07) is 4.78. The van der Waals surface area contributed by atoms with Gasteiger partial charge in [-0.2, -0.15) is 0 Å². The zero-order valence-corrected chi connectivity index (χ0v) is 6.67. The Hall–Kier alpha value is -0.890. The van der Waals surface area contributed by atoms with Crippen molar-refractivity contribution >= 4 is 0 Å². The number of aromatic nitrogens is 1. The summed E-state index contributed by atoms with van der Waals surface area (Å²) >= 11 is 0. The summed E-state index contributed by atoms with van der Waals surface area (Å²) in [7, 11) is 0. The van der Waals surface area contributed by atoms with E-state index < -0.39 is 0 Å². The van der Waals surface area contributed by atoms with Gasteiger partial charge >= 0.3 is 0 Å². The van der Waals surface area contributed by atoms with Gasteiger partial charge in [-0.05, 0) is 25.0 Å². The van der Waals surface area contributed by atoms with Gasteiger partial charge in [0.25, 0.3) is 0 Å². The third-order valence-corrected chi connectivity index (χ3v) is 2.13. The molecule has 0 fully saturated rings. The first-order chi connectivity index (χ1) is 5.36. The van der Waals surface area contributed by atoms with Crippen molar-refractivity contribution in [2.75, 3.05) is 0 Å². The molecule has 1 aromatic rings. The Bertz CT molecular complexity index is 257. The first-order valence-corrected chi connectivity index (χ1v) is 4.02. The lowest BCUT2D eigenvalue weighted by Crippen LogP contribution is -2.33. The van der Waals surface area contributed by atoms with Crippen molar-refractivity contribution in [3.05, 3.63) is 29.6 Å². The van der Waals surface area contributed by atoms with Crippen LogP contribution in [0.2, 0.25) is 0 Å². The Balaban J connectivity index is 2.34. The quantitative estimate of drug-likeness (QED) is 0.596. The summed E-state index contributed by atoms with van der Waals surface area (Å²) < 4.78 is 0. The molecule has 2 heterocycles. The van der Waals surface area contributed by atoms with Gasteiger partial charge in [-0.1, -0.05) is 6.07 Å². The molecular formula is C9H12N2. The lowest BCUT2D eigenvalue weighted by Gasteiger charge is -2.21. The summed E-state index contributed by atoms with van der Waals surface area (Å²) in [4.78, 5) is 4.29. The van der Waals surface area contributed by atoms with E-state index in [4.69, 9.17) is 0 Å². The van der Waals surface area contributed by atoms with E-state index in [1.54, 1.807) is 0 Å². The smallest absolute Gasteiger partial charge is 0.0574 e. The van der Waals surface area contributed by atoms with Gasteiger partial charge in [0, 0.05) is 18.8 Å². The molecule has 0 aliphatic carbocycles. The van der Waals surface area contributed by atoms with Crippen LogP contribution in [0.3, 0.4) is 0 Å². The van der Waals surface area contributed by atoms with Crippen molar-refractivity contribution in [2.24, 2.45) is 0 Å². The minimum absolute atomic E-state index is 0.603. The number of nitrogens with one attached hydrogen (secondary N) is 1. The van der Waals surface area contributed by atoms with Crippen molar-refractivity contribution in [1.29, 1.82) is 0 Å². The number of hydrogen-bond donors (Lipinski definition) is 1. The molecule has 0 radical (unpaired) electrons. The third kappa shape index (κ3) is 1.26. The van der Waals surface area contributed by atoms with Gasteiger partial charge in [-0.3, -0.25) is 4.98 Å². The topological polar surface area (TPSA) is 24.9 Å². The Morgan fingerprint density at radius 1 is 1.64 bits per heavy atom. The first-order valence-electron chi connectivity index (χ1n) is 4.02.